The lowest BCUT2D eigenvalue weighted by Crippen LogP contribution is -2.39. The molecule has 1 aromatic carbocycles. The van der Waals surface area contributed by atoms with Crippen LogP contribution in [0.3, 0.4) is 0 Å². The summed E-state index contributed by atoms with van der Waals surface area (Å²) < 4.78 is 0. The van der Waals surface area contributed by atoms with E-state index in [2.05, 4.69) is 0 Å². The number of rotatable bonds is 9. The first-order valence-electron chi connectivity index (χ1n) is 8.60. The first-order valence-corrected chi connectivity index (χ1v) is 9.99. The number of hydrogen-bond acceptors (Lipinski definition) is 8. The van der Waals surface area contributed by atoms with E-state index in [0.29, 0.717) is 12.8 Å². The molecule has 0 fully saturated rings. The second-order valence-corrected chi connectivity index (χ2v) is 6.95. The summed E-state index contributed by atoms with van der Waals surface area (Å²) in [5.74, 6) is -2.24. The Morgan fingerprint density at radius 1 is 0.931 bits per heavy atom. The lowest BCUT2D eigenvalue weighted by molar-refractivity contribution is -0.141. The smallest absolute Gasteiger partial charge is 0.323 e. The highest BCUT2D eigenvalue weighted by Crippen LogP contribution is 2.01. The number of thioether (sulfide) groups is 1. The van der Waals surface area contributed by atoms with Gasteiger partial charge in [0.05, 0.1) is 6.10 Å². The molecule has 10 nitrogen and oxygen atoms in total. The minimum atomic E-state index is -1.18. The maximum absolute atomic E-state index is 10.4. The highest BCUT2D eigenvalue weighted by Gasteiger charge is 2.16. The molecule has 0 bridgehead atoms. The summed E-state index contributed by atoms with van der Waals surface area (Å²) in [5.41, 5.74) is 16.4. The first-order chi connectivity index (χ1) is 13.4. The van der Waals surface area contributed by atoms with Crippen LogP contribution in [0.5, 0.6) is 0 Å². The SMILES string of the molecule is CSCC[C@H](N)C(=O)O.C[C@@H](O)[C@H](N)C(=O)O.N[C@@H](Cc1ccccc1)C(=O)O. The van der Waals surface area contributed by atoms with Crippen molar-refractivity contribution in [1.29, 1.82) is 0 Å². The fourth-order valence-electron chi connectivity index (χ4n) is 1.53. The van der Waals surface area contributed by atoms with Crippen molar-refractivity contribution in [2.75, 3.05) is 12.0 Å². The van der Waals surface area contributed by atoms with Crippen LogP contribution >= 0.6 is 11.8 Å². The van der Waals surface area contributed by atoms with Gasteiger partial charge in [-0.3, -0.25) is 14.4 Å². The molecule has 0 aliphatic carbocycles. The van der Waals surface area contributed by atoms with Crippen LogP contribution in [0, 0.1) is 0 Å². The number of carbonyl (C=O) groups is 3. The van der Waals surface area contributed by atoms with Crippen LogP contribution in [0.2, 0.25) is 0 Å². The molecule has 0 spiro atoms. The van der Waals surface area contributed by atoms with Crippen LogP contribution in [-0.2, 0) is 20.8 Å². The van der Waals surface area contributed by atoms with E-state index in [9.17, 15) is 14.4 Å². The van der Waals surface area contributed by atoms with Gasteiger partial charge >= 0.3 is 17.9 Å². The zero-order valence-corrected chi connectivity index (χ0v) is 17.3. The average molecular weight is 434 g/mol. The zero-order chi connectivity index (χ0) is 23.0. The maximum atomic E-state index is 10.4. The second kappa shape index (κ2) is 16.7. The Hall–Kier alpha value is -2.18. The van der Waals surface area contributed by atoms with Crippen molar-refractivity contribution in [1.82, 2.24) is 0 Å². The highest BCUT2D eigenvalue weighted by atomic mass is 32.2. The molecule has 0 amide bonds. The van der Waals surface area contributed by atoms with Gasteiger partial charge in [-0.15, -0.1) is 0 Å². The molecule has 10 N–H and O–H groups in total. The summed E-state index contributed by atoms with van der Waals surface area (Å²) in [7, 11) is 0. The quantitative estimate of drug-likeness (QED) is 0.265. The van der Waals surface area contributed by atoms with Crippen molar-refractivity contribution < 1.29 is 34.8 Å². The molecule has 0 aromatic heterocycles. The highest BCUT2D eigenvalue weighted by molar-refractivity contribution is 7.98. The Morgan fingerprint density at radius 2 is 1.41 bits per heavy atom. The van der Waals surface area contributed by atoms with Crippen molar-refractivity contribution in [3.8, 4) is 0 Å². The number of carboxylic acids is 3. The molecule has 1 aromatic rings. The predicted molar refractivity (Wildman–Crippen MR) is 112 cm³/mol. The van der Waals surface area contributed by atoms with Gasteiger partial charge in [-0.1, -0.05) is 30.3 Å². The van der Waals surface area contributed by atoms with E-state index in [0.717, 1.165) is 11.3 Å². The van der Waals surface area contributed by atoms with E-state index in [1.54, 1.807) is 11.8 Å². The second-order valence-electron chi connectivity index (χ2n) is 5.97. The molecule has 29 heavy (non-hydrogen) atoms. The number of aliphatic hydroxyl groups is 1. The van der Waals surface area contributed by atoms with Crippen molar-refractivity contribution in [2.24, 2.45) is 17.2 Å². The third-order valence-electron chi connectivity index (χ3n) is 3.37. The summed E-state index contributed by atoms with van der Waals surface area (Å²) in [6.07, 6.45) is 1.88. The minimum absolute atomic E-state index is 0.385. The summed E-state index contributed by atoms with van der Waals surface area (Å²) in [6, 6.07) is 6.70. The fourth-order valence-corrected chi connectivity index (χ4v) is 2.02. The Balaban J connectivity index is 0. The van der Waals surface area contributed by atoms with E-state index in [-0.39, 0.29) is 0 Å². The Labute approximate surface area is 174 Å². The summed E-state index contributed by atoms with van der Waals surface area (Å²) in [5, 5.41) is 33.3. The molecule has 0 aliphatic rings. The molecule has 0 aliphatic heterocycles. The van der Waals surface area contributed by atoms with Gasteiger partial charge in [0.15, 0.2) is 0 Å². The number of nitrogens with two attached hydrogens (primary N) is 3. The predicted octanol–water partition coefficient (Wildman–Crippen LogP) is -0.428. The standard InChI is InChI=1S/C9H11NO2.C5H11NO2S.C4H9NO3/c10-8(9(11)12)6-7-4-2-1-3-5-7;1-9-3-2-4(6)5(7)8;1-2(6)3(5)4(7)8/h1-5,8H,6,10H2,(H,11,12);4H,2-3,6H2,1H3,(H,7,8);2-3,6H,5H2,1H3,(H,7,8)/t8-;4-;2-,3+/m001/s1. The molecule has 11 heteroatoms. The lowest BCUT2D eigenvalue weighted by atomic mass is 10.1. The molecule has 0 saturated carbocycles. The minimum Gasteiger partial charge on any atom is -0.480 e. The third kappa shape index (κ3) is 16.5. The molecular formula is C18H31N3O7S. The number of benzene rings is 1. The van der Waals surface area contributed by atoms with Gasteiger partial charge in [0, 0.05) is 0 Å². The number of aliphatic carboxylic acids is 3. The largest absolute Gasteiger partial charge is 0.480 e. The zero-order valence-electron chi connectivity index (χ0n) is 16.5. The van der Waals surface area contributed by atoms with E-state index < -0.39 is 42.1 Å². The number of aliphatic hydroxyl groups excluding tert-OH is 1. The Morgan fingerprint density at radius 3 is 1.72 bits per heavy atom. The Bertz CT molecular complexity index is 602. The van der Waals surface area contributed by atoms with Gasteiger partial charge in [-0.25, -0.2) is 0 Å². The average Bonchev–Trinajstić information content (AvgIpc) is 2.66. The van der Waals surface area contributed by atoms with Gasteiger partial charge in [0.25, 0.3) is 0 Å². The van der Waals surface area contributed by atoms with Crippen molar-refractivity contribution in [2.45, 2.75) is 44.0 Å². The molecule has 0 saturated heterocycles. The van der Waals surface area contributed by atoms with E-state index in [1.807, 2.05) is 36.6 Å². The first kappa shape index (κ1) is 29.0. The third-order valence-corrected chi connectivity index (χ3v) is 4.01. The van der Waals surface area contributed by atoms with Crippen LogP contribution in [-0.4, -0.2) is 74.6 Å². The van der Waals surface area contributed by atoms with Gasteiger partial charge in [-0.2, -0.15) is 11.8 Å². The molecule has 0 heterocycles. The van der Waals surface area contributed by atoms with Gasteiger partial charge < -0.3 is 37.6 Å². The molecule has 166 valence electrons. The van der Waals surface area contributed by atoms with Crippen molar-refractivity contribution in [3.63, 3.8) is 0 Å². The number of hydrogen-bond donors (Lipinski definition) is 7. The lowest BCUT2D eigenvalue weighted by Gasteiger charge is -2.06. The van der Waals surface area contributed by atoms with Crippen LogP contribution < -0.4 is 17.2 Å². The van der Waals surface area contributed by atoms with E-state index >= 15 is 0 Å². The monoisotopic (exact) mass is 433 g/mol. The molecular weight excluding hydrogens is 402 g/mol. The van der Waals surface area contributed by atoms with Crippen LogP contribution in [0.4, 0.5) is 0 Å². The van der Waals surface area contributed by atoms with Gasteiger partial charge in [0.2, 0.25) is 0 Å². The maximum Gasteiger partial charge on any atom is 0.323 e. The van der Waals surface area contributed by atoms with Crippen LogP contribution in [0.15, 0.2) is 30.3 Å². The van der Waals surface area contributed by atoms with E-state index in [1.165, 1.54) is 6.92 Å². The fraction of sp³-hybridized carbons (Fsp3) is 0.500. The summed E-state index contributed by atoms with van der Waals surface area (Å²) in [6.45, 7) is 1.33. The van der Waals surface area contributed by atoms with Crippen molar-refractivity contribution >= 4 is 29.7 Å². The van der Waals surface area contributed by atoms with Gasteiger partial charge in [0.1, 0.15) is 18.1 Å². The van der Waals surface area contributed by atoms with Crippen LogP contribution in [0.1, 0.15) is 18.9 Å². The Kier molecular flexibility index (Phi) is 16.8. The normalized spacial score (nSPS) is 14.0. The van der Waals surface area contributed by atoms with Crippen molar-refractivity contribution in [3.05, 3.63) is 35.9 Å². The van der Waals surface area contributed by atoms with Gasteiger partial charge in [-0.05, 0) is 37.3 Å². The molecule has 0 unspecified atom stereocenters. The topological polar surface area (TPSA) is 210 Å². The number of carboxylic acid groups (broad SMARTS) is 3. The van der Waals surface area contributed by atoms with Crippen LogP contribution in [0.25, 0.3) is 0 Å². The summed E-state index contributed by atoms with van der Waals surface area (Å²) >= 11 is 1.60. The molecule has 1 rings (SSSR count). The molecule has 0 radical (unpaired) electrons. The molecule has 4 atom stereocenters. The van der Waals surface area contributed by atoms with E-state index in [4.69, 9.17) is 37.6 Å². The summed E-state index contributed by atoms with van der Waals surface area (Å²) in [4.78, 5) is 30.3.